The lowest BCUT2D eigenvalue weighted by molar-refractivity contribution is -0.142. The molecule has 0 radical (unpaired) electrons. The molecule has 0 fully saturated rings. The van der Waals surface area contributed by atoms with E-state index in [4.69, 9.17) is 9.47 Å². The van der Waals surface area contributed by atoms with Crippen LogP contribution in [-0.2, 0) is 9.53 Å². The maximum Gasteiger partial charge on any atom is 0.319 e. The molecule has 0 aliphatic heterocycles. The van der Waals surface area contributed by atoms with Gasteiger partial charge in [-0.2, -0.15) is 0 Å². The summed E-state index contributed by atoms with van der Waals surface area (Å²) in [6.07, 6.45) is -0.677. The Morgan fingerprint density at radius 1 is 1.40 bits per heavy atom. The van der Waals surface area contributed by atoms with Gasteiger partial charge in [-0.1, -0.05) is 12.1 Å². The smallest absolute Gasteiger partial charge is 0.319 e. The number of esters is 1. The van der Waals surface area contributed by atoms with Gasteiger partial charge in [0.1, 0.15) is 18.5 Å². The lowest BCUT2D eigenvalue weighted by atomic mass is 10.1. The van der Waals surface area contributed by atoms with Crippen molar-refractivity contribution in [3.05, 3.63) is 29.3 Å². The fourth-order valence-corrected chi connectivity index (χ4v) is 1.66. The molecule has 0 aliphatic rings. The Bertz CT molecular complexity index is 434. The van der Waals surface area contributed by atoms with Crippen LogP contribution in [0.2, 0.25) is 0 Å². The number of ether oxygens (including phenoxy) is 2. The second-order valence-electron chi connectivity index (χ2n) is 4.67. The fourth-order valence-electron chi connectivity index (χ4n) is 1.66. The summed E-state index contributed by atoms with van der Waals surface area (Å²) in [6, 6.07) is 5.93. The van der Waals surface area contributed by atoms with E-state index in [1.165, 1.54) is 0 Å². The lowest BCUT2D eigenvalue weighted by Gasteiger charge is -2.14. The summed E-state index contributed by atoms with van der Waals surface area (Å²) in [5.41, 5.74) is 2.14. The molecular weight excluding hydrogens is 258 g/mol. The largest absolute Gasteiger partial charge is 0.491 e. The van der Waals surface area contributed by atoms with Crippen LogP contribution in [0.4, 0.5) is 0 Å². The molecule has 5 nitrogen and oxygen atoms in total. The van der Waals surface area contributed by atoms with E-state index < -0.39 is 6.10 Å². The van der Waals surface area contributed by atoms with Gasteiger partial charge in [0.05, 0.1) is 13.2 Å². The van der Waals surface area contributed by atoms with Crippen molar-refractivity contribution in [2.24, 2.45) is 0 Å². The van der Waals surface area contributed by atoms with Crippen molar-refractivity contribution in [3.63, 3.8) is 0 Å². The summed E-state index contributed by atoms with van der Waals surface area (Å²) >= 11 is 0. The minimum absolute atomic E-state index is 0.0916. The zero-order valence-corrected chi connectivity index (χ0v) is 12.3. The summed E-state index contributed by atoms with van der Waals surface area (Å²) in [6.45, 7) is 6.62. The first-order chi connectivity index (χ1) is 9.52. The summed E-state index contributed by atoms with van der Waals surface area (Å²) in [5.74, 6) is 0.449. The SMILES string of the molecule is CCOC(=O)CNCC(O)COc1cc(C)ccc1C. The van der Waals surface area contributed by atoms with E-state index in [-0.39, 0.29) is 25.7 Å². The second kappa shape index (κ2) is 8.55. The highest BCUT2D eigenvalue weighted by molar-refractivity contribution is 5.71. The Balaban J connectivity index is 2.27. The number of carbonyl (C=O) groups excluding carboxylic acids is 1. The van der Waals surface area contributed by atoms with E-state index in [0.29, 0.717) is 6.61 Å². The van der Waals surface area contributed by atoms with Gasteiger partial charge in [0.15, 0.2) is 0 Å². The summed E-state index contributed by atoms with van der Waals surface area (Å²) in [5, 5.41) is 12.6. The third kappa shape index (κ3) is 6.04. The summed E-state index contributed by atoms with van der Waals surface area (Å²) in [4.78, 5) is 11.1. The van der Waals surface area contributed by atoms with Gasteiger partial charge in [0.25, 0.3) is 0 Å². The van der Waals surface area contributed by atoms with Crippen LogP contribution in [0.3, 0.4) is 0 Å². The number of aliphatic hydroxyl groups is 1. The molecule has 0 aromatic heterocycles. The molecule has 20 heavy (non-hydrogen) atoms. The van der Waals surface area contributed by atoms with E-state index in [1.807, 2.05) is 32.0 Å². The van der Waals surface area contributed by atoms with Crippen molar-refractivity contribution >= 4 is 5.97 Å². The van der Waals surface area contributed by atoms with Crippen LogP contribution < -0.4 is 10.1 Å². The molecule has 5 heteroatoms. The van der Waals surface area contributed by atoms with Crippen molar-refractivity contribution in [3.8, 4) is 5.75 Å². The molecule has 1 aromatic carbocycles. The van der Waals surface area contributed by atoms with Gasteiger partial charge < -0.3 is 19.9 Å². The fraction of sp³-hybridized carbons (Fsp3) is 0.533. The molecule has 0 saturated heterocycles. The maximum absolute atomic E-state index is 11.1. The normalized spacial score (nSPS) is 12.0. The third-order valence-electron chi connectivity index (χ3n) is 2.73. The molecule has 1 rings (SSSR count). The second-order valence-corrected chi connectivity index (χ2v) is 4.67. The quantitative estimate of drug-likeness (QED) is 0.701. The van der Waals surface area contributed by atoms with Crippen molar-refractivity contribution in [2.45, 2.75) is 26.9 Å². The first kappa shape index (κ1) is 16.5. The van der Waals surface area contributed by atoms with Gasteiger partial charge in [0.2, 0.25) is 0 Å². The van der Waals surface area contributed by atoms with Crippen LogP contribution in [0.15, 0.2) is 18.2 Å². The van der Waals surface area contributed by atoms with Crippen molar-refractivity contribution in [2.75, 3.05) is 26.3 Å². The van der Waals surface area contributed by atoms with Gasteiger partial charge in [-0.15, -0.1) is 0 Å². The van der Waals surface area contributed by atoms with Gasteiger partial charge in [0, 0.05) is 6.54 Å². The molecule has 0 amide bonds. The zero-order valence-electron chi connectivity index (χ0n) is 12.3. The van der Waals surface area contributed by atoms with Crippen LogP contribution in [0.25, 0.3) is 0 Å². The number of carbonyl (C=O) groups is 1. The first-order valence-electron chi connectivity index (χ1n) is 6.77. The van der Waals surface area contributed by atoms with E-state index in [9.17, 15) is 9.90 Å². The predicted molar refractivity (Wildman–Crippen MR) is 76.9 cm³/mol. The summed E-state index contributed by atoms with van der Waals surface area (Å²) < 4.78 is 10.3. The van der Waals surface area contributed by atoms with Gasteiger partial charge in [-0.3, -0.25) is 4.79 Å². The molecule has 1 aromatic rings. The van der Waals surface area contributed by atoms with Crippen LogP contribution >= 0.6 is 0 Å². The standard InChI is InChI=1S/C15H23NO4/c1-4-19-15(18)9-16-8-13(17)10-20-14-7-11(2)5-6-12(14)3/h5-7,13,16-17H,4,8-10H2,1-3H3. The minimum atomic E-state index is -0.677. The predicted octanol–water partition coefficient (Wildman–Crippen LogP) is 1.20. The van der Waals surface area contributed by atoms with Gasteiger partial charge in [-0.05, 0) is 38.0 Å². The highest BCUT2D eigenvalue weighted by Crippen LogP contribution is 2.19. The Kier molecular flexibility index (Phi) is 7.04. The highest BCUT2D eigenvalue weighted by atomic mass is 16.5. The Morgan fingerprint density at radius 3 is 2.85 bits per heavy atom. The first-order valence-corrected chi connectivity index (χ1v) is 6.77. The number of hydrogen-bond donors (Lipinski definition) is 2. The van der Waals surface area contributed by atoms with E-state index in [1.54, 1.807) is 6.92 Å². The van der Waals surface area contributed by atoms with Gasteiger partial charge in [-0.25, -0.2) is 0 Å². The van der Waals surface area contributed by atoms with E-state index >= 15 is 0 Å². The maximum atomic E-state index is 11.1. The van der Waals surface area contributed by atoms with E-state index in [2.05, 4.69) is 5.32 Å². The molecule has 0 aliphatic carbocycles. The molecule has 1 atom stereocenters. The number of aliphatic hydroxyl groups excluding tert-OH is 1. The molecule has 112 valence electrons. The van der Waals surface area contributed by atoms with Gasteiger partial charge >= 0.3 is 5.97 Å². The Morgan fingerprint density at radius 2 is 2.15 bits per heavy atom. The zero-order chi connectivity index (χ0) is 15.0. The van der Waals surface area contributed by atoms with Crippen molar-refractivity contribution in [1.82, 2.24) is 5.32 Å². The number of aryl methyl sites for hydroxylation is 2. The molecule has 2 N–H and O–H groups in total. The van der Waals surface area contributed by atoms with Crippen LogP contribution in [0.5, 0.6) is 5.75 Å². The third-order valence-corrected chi connectivity index (χ3v) is 2.73. The van der Waals surface area contributed by atoms with Crippen molar-refractivity contribution in [1.29, 1.82) is 0 Å². The average molecular weight is 281 g/mol. The number of benzene rings is 1. The van der Waals surface area contributed by atoms with Crippen LogP contribution in [0.1, 0.15) is 18.1 Å². The molecule has 0 spiro atoms. The topological polar surface area (TPSA) is 67.8 Å². The number of hydrogen-bond acceptors (Lipinski definition) is 5. The minimum Gasteiger partial charge on any atom is -0.491 e. The molecule has 0 saturated carbocycles. The summed E-state index contributed by atoms with van der Waals surface area (Å²) in [7, 11) is 0. The number of rotatable bonds is 8. The molecule has 0 bridgehead atoms. The average Bonchev–Trinajstić information content (AvgIpc) is 2.40. The monoisotopic (exact) mass is 281 g/mol. The molecule has 0 heterocycles. The molecular formula is C15H23NO4. The lowest BCUT2D eigenvalue weighted by Crippen LogP contribution is -2.35. The Labute approximate surface area is 119 Å². The Hall–Kier alpha value is -1.59. The number of nitrogens with one attached hydrogen (secondary N) is 1. The highest BCUT2D eigenvalue weighted by Gasteiger charge is 2.08. The van der Waals surface area contributed by atoms with Crippen molar-refractivity contribution < 1.29 is 19.4 Å². The molecule has 1 unspecified atom stereocenters. The van der Waals surface area contributed by atoms with E-state index in [0.717, 1.165) is 16.9 Å². The van der Waals surface area contributed by atoms with Crippen LogP contribution in [0, 0.1) is 13.8 Å². The van der Waals surface area contributed by atoms with Crippen LogP contribution in [-0.4, -0.2) is 43.5 Å².